The number of ether oxygens (including phenoxy) is 2. The molecule has 0 saturated carbocycles. The molecule has 0 aliphatic carbocycles. The van der Waals surface area contributed by atoms with Gasteiger partial charge < -0.3 is 19.8 Å². The highest BCUT2D eigenvalue weighted by atomic mass is 35.5. The zero-order chi connectivity index (χ0) is 14.8. The van der Waals surface area contributed by atoms with Crippen molar-refractivity contribution in [2.75, 3.05) is 37.9 Å². The Morgan fingerprint density at radius 3 is 2.42 bits per heavy atom. The number of anilines is 1. The SMILES string of the molecule is Cl.O.c1cnc(N2CCN(Cc3ccc4c(c3)OCO4)CC2)nc1. The number of benzene rings is 1. The highest BCUT2D eigenvalue weighted by molar-refractivity contribution is 5.85. The van der Waals surface area contributed by atoms with Gasteiger partial charge in [0.05, 0.1) is 0 Å². The minimum atomic E-state index is 0. The second-order valence-corrected chi connectivity index (χ2v) is 5.50. The van der Waals surface area contributed by atoms with Crippen molar-refractivity contribution in [3.05, 3.63) is 42.2 Å². The molecule has 2 aromatic rings. The summed E-state index contributed by atoms with van der Waals surface area (Å²) in [6, 6.07) is 8.03. The van der Waals surface area contributed by atoms with E-state index in [0.717, 1.165) is 50.2 Å². The Bertz CT molecular complexity index is 651. The average Bonchev–Trinajstić information content (AvgIpc) is 3.04. The third kappa shape index (κ3) is 3.87. The number of rotatable bonds is 3. The van der Waals surface area contributed by atoms with Crippen LogP contribution in [0.4, 0.5) is 5.95 Å². The van der Waals surface area contributed by atoms with Crippen LogP contribution in [-0.4, -0.2) is 53.3 Å². The first-order chi connectivity index (χ1) is 10.9. The fourth-order valence-corrected chi connectivity index (χ4v) is 2.86. The molecule has 1 aromatic heterocycles. The van der Waals surface area contributed by atoms with Crippen LogP contribution in [-0.2, 0) is 6.54 Å². The van der Waals surface area contributed by atoms with Crippen molar-refractivity contribution in [3.8, 4) is 11.5 Å². The quantitative estimate of drug-likeness (QED) is 0.823. The van der Waals surface area contributed by atoms with Gasteiger partial charge in [0.15, 0.2) is 11.5 Å². The number of piperazine rings is 1. The molecular weight excluding hydrogens is 332 g/mol. The van der Waals surface area contributed by atoms with E-state index in [-0.39, 0.29) is 17.9 Å². The van der Waals surface area contributed by atoms with Gasteiger partial charge in [-0.3, -0.25) is 4.90 Å². The largest absolute Gasteiger partial charge is 0.454 e. The summed E-state index contributed by atoms with van der Waals surface area (Å²) in [5.74, 6) is 2.52. The summed E-state index contributed by atoms with van der Waals surface area (Å²) < 4.78 is 10.8. The van der Waals surface area contributed by atoms with E-state index in [0.29, 0.717) is 6.79 Å². The van der Waals surface area contributed by atoms with E-state index in [1.165, 1.54) is 5.56 Å². The molecule has 0 amide bonds. The monoisotopic (exact) mass is 352 g/mol. The smallest absolute Gasteiger partial charge is 0.231 e. The van der Waals surface area contributed by atoms with Crippen molar-refractivity contribution in [1.29, 1.82) is 0 Å². The second-order valence-electron chi connectivity index (χ2n) is 5.50. The van der Waals surface area contributed by atoms with Gasteiger partial charge in [-0.1, -0.05) is 6.07 Å². The first-order valence-corrected chi connectivity index (χ1v) is 7.51. The van der Waals surface area contributed by atoms with Crippen molar-refractivity contribution in [2.45, 2.75) is 6.54 Å². The van der Waals surface area contributed by atoms with E-state index in [2.05, 4.69) is 31.9 Å². The van der Waals surface area contributed by atoms with Crippen LogP contribution in [0.2, 0.25) is 0 Å². The predicted octanol–water partition coefficient (Wildman–Crippen LogP) is 1.12. The molecule has 0 unspecified atom stereocenters. The van der Waals surface area contributed by atoms with Gasteiger partial charge in [-0.2, -0.15) is 0 Å². The van der Waals surface area contributed by atoms with E-state index < -0.39 is 0 Å². The van der Waals surface area contributed by atoms with Crippen LogP contribution in [0.1, 0.15) is 5.56 Å². The molecule has 7 nitrogen and oxygen atoms in total. The minimum absolute atomic E-state index is 0. The van der Waals surface area contributed by atoms with E-state index in [1.807, 2.05) is 12.1 Å². The standard InChI is InChI=1S/C16H18N4O2.ClH.H2O/c1-4-17-16(18-5-1)20-8-6-19(7-9-20)11-13-2-3-14-15(10-13)22-12-21-14;;/h1-5,10H,6-9,11-12H2;1H;1H2. The number of hydrogen-bond donors (Lipinski definition) is 0. The normalized spacial score (nSPS) is 16.2. The van der Waals surface area contributed by atoms with Crippen LogP contribution in [0.25, 0.3) is 0 Å². The van der Waals surface area contributed by atoms with Crippen molar-refractivity contribution < 1.29 is 14.9 Å². The lowest BCUT2D eigenvalue weighted by atomic mass is 10.1. The van der Waals surface area contributed by atoms with E-state index in [1.54, 1.807) is 12.4 Å². The van der Waals surface area contributed by atoms with Crippen LogP contribution >= 0.6 is 12.4 Å². The molecule has 0 radical (unpaired) electrons. The number of aromatic nitrogens is 2. The molecule has 130 valence electrons. The Morgan fingerprint density at radius 1 is 0.958 bits per heavy atom. The Hall–Kier alpha value is -2.09. The lowest BCUT2D eigenvalue weighted by Gasteiger charge is -2.34. The number of halogens is 1. The van der Waals surface area contributed by atoms with Crippen LogP contribution in [0.3, 0.4) is 0 Å². The van der Waals surface area contributed by atoms with Crippen LogP contribution in [0, 0.1) is 0 Å². The summed E-state index contributed by atoms with van der Waals surface area (Å²) in [6.07, 6.45) is 3.59. The van der Waals surface area contributed by atoms with E-state index in [9.17, 15) is 0 Å². The fraction of sp³-hybridized carbons (Fsp3) is 0.375. The van der Waals surface area contributed by atoms with Gasteiger partial charge in [-0.15, -0.1) is 12.4 Å². The van der Waals surface area contributed by atoms with Gasteiger partial charge in [-0.25, -0.2) is 9.97 Å². The van der Waals surface area contributed by atoms with Crippen LogP contribution in [0.15, 0.2) is 36.7 Å². The maximum Gasteiger partial charge on any atom is 0.231 e. The molecule has 0 spiro atoms. The van der Waals surface area contributed by atoms with E-state index >= 15 is 0 Å². The Morgan fingerprint density at radius 2 is 1.67 bits per heavy atom. The maximum atomic E-state index is 5.44. The fourth-order valence-electron chi connectivity index (χ4n) is 2.86. The molecular formula is C16H21ClN4O3. The average molecular weight is 353 g/mol. The predicted molar refractivity (Wildman–Crippen MR) is 92.9 cm³/mol. The van der Waals surface area contributed by atoms with Crippen LogP contribution in [0.5, 0.6) is 11.5 Å². The molecule has 4 rings (SSSR count). The lowest BCUT2D eigenvalue weighted by Crippen LogP contribution is -2.46. The van der Waals surface area contributed by atoms with Gasteiger partial charge in [0.1, 0.15) is 0 Å². The zero-order valence-electron chi connectivity index (χ0n) is 13.2. The molecule has 24 heavy (non-hydrogen) atoms. The highest BCUT2D eigenvalue weighted by Gasteiger charge is 2.20. The van der Waals surface area contributed by atoms with Gasteiger partial charge in [-0.05, 0) is 23.8 Å². The van der Waals surface area contributed by atoms with Gasteiger partial charge in [0.25, 0.3) is 0 Å². The summed E-state index contributed by atoms with van der Waals surface area (Å²) in [7, 11) is 0. The Kier molecular flexibility index (Phi) is 6.19. The molecule has 3 heterocycles. The summed E-state index contributed by atoms with van der Waals surface area (Å²) in [5, 5.41) is 0. The van der Waals surface area contributed by atoms with E-state index in [4.69, 9.17) is 9.47 Å². The molecule has 0 atom stereocenters. The van der Waals surface area contributed by atoms with Crippen molar-refractivity contribution in [1.82, 2.24) is 14.9 Å². The Balaban J connectivity index is 0.00000104. The Labute approximate surface area is 146 Å². The van der Waals surface area contributed by atoms with Gasteiger partial charge in [0.2, 0.25) is 12.7 Å². The molecule has 8 heteroatoms. The third-order valence-corrected chi connectivity index (χ3v) is 4.05. The third-order valence-electron chi connectivity index (χ3n) is 4.05. The zero-order valence-corrected chi connectivity index (χ0v) is 14.0. The molecule has 2 aliphatic rings. The maximum absolute atomic E-state index is 5.44. The second kappa shape index (κ2) is 8.14. The first kappa shape index (κ1) is 18.3. The number of nitrogens with zero attached hydrogens (tertiary/aromatic N) is 4. The summed E-state index contributed by atoms with van der Waals surface area (Å²) in [5.41, 5.74) is 1.26. The first-order valence-electron chi connectivity index (χ1n) is 7.51. The molecule has 0 bridgehead atoms. The lowest BCUT2D eigenvalue weighted by molar-refractivity contribution is 0.174. The van der Waals surface area contributed by atoms with Crippen LogP contribution < -0.4 is 14.4 Å². The molecule has 1 fully saturated rings. The minimum Gasteiger partial charge on any atom is -0.454 e. The molecule has 2 N–H and O–H groups in total. The molecule has 1 saturated heterocycles. The summed E-state index contributed by atoms with van der Waals surface area (Å²) in [4.78, 5) is 13.3. The molecule has 1 aromatic carbocycles. The highest BCUT2D eigenvalue weighted by Crippen LogP contribution is 2.32. The topological polar surface area (TPSA) is 82.2 Å². The van der Waals surface area contributed by atoms with Crippen molar-refractivity contribution in [3.63, 3.8) is 0 Å². The van der Waals surface area contributed by atoms with Crippen molar-refractivity contribution in [2.24, 2.45) is 0 Å². The number of hydrogen-bond acceptors (Lipinski definition) is 6. The van der Waals surface area contributed by atoms with Crippen molar-refractivity contribution >= 4 is 18.4 Å². The summed E-state index contributed by atoms with van der Waals surface area (Å²) >= 11 is 0. The van der Waals surface area contributed by atoms with Gasteiger partial charge in [0, 0.05) is 45.1 Å². The molecule has 2 aliphatic heterocycles. The van der Waals surface area contributed by atoms with Gasteiger partial charge >= 0.3 is 0 Å². The summed E-state index contributed by atoms with van der Waals surface area (Å²) in [6.45, 7) is 5.18. The number of fused-ring (bicyclic) bond motifs is 1.